The highest BCUT2D eigenvalue weighted by Crippen LogP contribution is 2.12. The maximum Gasteiger partial charge on any atom is 0.303 e. The Morgan fingerprint density at radius 2 is 1.77 bits per heavy atom. The van der Waals surface area contributed by atoms with E-state index in [1.165, 1.54) is 6.08 Å². The molecule has 0 amide bonds. The van der Waals surface area contributed by atoms with Crippen LogP contribution in [-0.4, -0.2) is 47.1 Å². The molecular formula is C16H28N2O4. The van der Waals surface area contributed by atoms with Gasteiger partial charge in [-0.1, -0.05) is 31.6 Å². The van der Waals surface area contributed by atoms with E-state index < -0.39 is 10.9 Å². The smallest absolute Gasteiger partial charge is 0.303 e. The second-order valence-electron chi connectivity index (χ2n) is 5.25. The topological polar surface area (TPSA) is 83.7 Å². The zero-order valence-electron chi connectivity index (χ0n) is 13.7. The first-order valence-corrected chi connectivity index (χ1v) is 7.90. The van der Waals surface area contributed by atoms with Gasteiger partial charge in [0.1, 0.15) is 0 Å². The van der Waals surface area contributed by atoms with Gasteiger partial charge in [0.2, 0.25) is 6.54 Å². The van der Waals surface area contributed by atoms with Crippen molar-refractivity contribution in [3.8, 4) is 0 Å². The number of carboxylic acid groups (broad SMARTS) is 1. The highest BCUT2D eigenvalue weighted by Gasteiger charge is 2.06. The molecule has 0 bridgehead atoms. The van der Waals surface area contributed by atoms with Crippen molar-refractivity contribution in [2.24, 2.45) is 0 Å². The summed E-state index contributed by atoms with van der Waals surface area (Å²) in [6.45, 7) is 7.06. The van der Waals surface area contributed by atoms with Gasteiger partial charge in [0.15, 0.2) is 0 Å². The van der Waals surface area contributed by atoms with Crippen LogP contribution in [0.25, 0.3) is 0 Å². The molecule has 6 heteroatoms. The lowest BCUT2D eigenvalue weighted by Gasteiger charge is -2.21. The average molecular weight is 312 g/mol. The van der Waals surface area contributed by atoms with Crippen LogP contribution in [0.3, 0.4) is 0 Å². The molecule has 126 valence electrons. The monoisotopic (exact) mass is 312 g/mol. The molecule has 0 aromatic carbocycles. The van der Waals surface area contributed by atoms with Crippen molar-refractivity contribution in [3.63, 3.8) is 0 Å². The highest BCUT2D eigenvalue weighted by atomic mass is 16.6. The van der Waals surface area contributed by atoms with Crippen molar-refractivity contribution in [3.05, 3.63) is 33.9 Å². The van der Waals surface area contributed by atoms with Gasteiger partial charge in [-0.2, -0.15) is 0 Å². The Kier molecular flexibility index (Phi) is 12.0. The van der Waals surface area contributed by atoms with Crippen molar-refractivity contribution >= 4 is 5.97 Å². The summed E-state index contributed by atoms with van der Waals surface area (Å²) in [6, 6.07) is 0. The molecule has 0 aromatic heterocycles. The molecule has 1 N–H and O–H groups in total. The number of carbonyl (C=O) groups is 1. The lowest BCUT2D eigenvalue weighted by molar-refractivity contribution is -0.468. The van der Waals surface area contributed by atoms with Crippen molar-refractivity contribution in [2.45, 2.75) is 46.0 Å². The van der Waals surface area contributed by atoms with Gasteiger partial charge in [-0.3, -0.25) is 14.9 Å². The molecule has 0 rings (SSSR count). The maximum atomic E-state index is 10.7. The fraction of sp³-hybridized carbons (Fsp3) is 0.688. The molecule has 0 heterocycles. The number of allylic oxidation sites excluding steroid dienone is 2. The number of aliphatic carboxylic acids is 1. The van der Waals surface area contributed by atoms with Crippen LogP contribution in [0.1, 0.15) is 46.0 Å². The summed E-state index contributed by atoms with van der Waals surface area (Å²) < 4.78 is 0. The normalized spacial score (nSPS) is 12.2. The molecule has 0 saturated carbocycles. The van der Waals surface area contributed by atoms with Gasteiger partial charge in [-0.15, -0.1) is 0 Å². The van der Waals surface area contributed by atoms with Gasteiger partial charge in [0.25, 0.3) is 0 Å². The Hall–Kier alpha value is -1.69. The molecule has 0 aliphatic rings. The third-order valence-electron chi connectivity index (χ3n) is 3.21. The van der Waals surface area contributed by atoms with E-state index in [1.54, 1.807) is 6.08 Å². The number of nitrogens with zero attached hydrogens (tertiary/aromatic N) is 2. The van der Waals surface area contributed by atoms with E-state index in [4.69, 9.17) is 5.11 Å². The maximum absolute atomic E-state index is 10.7. The molecule has 0 unspecified atom stereocenters. The third kappa shape index (κ3) is 12.1. The molecule has 0 fully saturated rings. The standard InChI is InChI=1S/C16H28N2O4/c1-3-11-17(12-4-2)14-10-15(8-9-16(19)20)7-5-6-13-18(21)22/h5-7H,3-4,8-14H2,1-2H3,(H,19,20)/b6-5-,15-7+. The van der Waals surface area contributed by atoms with E-state index >= 15 is 0 Å². The van der Waals surface area contributed by atoms with Gasteiger partial charge >= 0.3 is 5.97 Å². The van der Waals surface area contributed by atoms with Gasteiger partial charge < -0.3 is 10.0 Å². The van der Waals surface area contributed by atoms with Crippen molar-refractivity contribution < 1.29 is 14.8 Å². The number of nitro groups is 1. The van der Waals surface area contributed by atoms with E-state index in [0.29, 0.717) is 6.42 Å². The largest absolute Gasteiger partial charge is 0.481 e. The Labute approximate surface area is 132 Å². The second kappa shape index (κ2) is 13.0. The van der Waals surface area contributed by atoms with Crippen LogP contribution in [0.5, 0.6) is 0 Å². The highest BCUT2D eigenvalue weighted by molar-refractivity contribution is 5.67. The third-order valence-corrected chi connectivity index (χ3v) is 3.21. The Morgan fingerprint density at radius 1 is 1.14 bits per heavy atom. The van der Waals surface area contributed by atoms with Crippen molar-refractivity contribution in [1.29, 1.82) is 0 Å². The average Bonchev–Trinajstić information content (AvgIpc) is 2.45. The van der Waals surface area contributed by atoms with E-state index in [-0.39, 0.29) is 13.0 Å². The van der Waals surface area contributed by atoms with Crippen LogP contribution in [0.4, 0.5) is 0 Å². The summed E-state index contributed by atoms with van der Waals surface area (Å²) in [4.78, 5) is 23.0. The Morgan fingerprint density at radius 3 is 2.27 bits per heavy atom. The molecule has 0 radical (unpaired) electrons. The molecule has 0 saturated heterocycles. The van der Waals surface area contributed by atoms with Crippen molar-refractivity contribution in [1.82, 2.24) is 4.90 Å². The van der Waals surface area contributed by atoms with E-state index in [2.05, 4.69) is 18.7 Å². The molecule has 22 heavy (non-hydrogen) atoms. The zero-order valence-corrected chi connectivity index (χ0v) is 13.7. The summed E-state index contributed by atoms with van der Waals surface area (Å²) in [5.41, 5.74) is 1.03. The molecule has 0 aromatic rings. The zero-order chi connectivity index (χ0) is 16.8. The van der Waals surface area contributed by atoms with Gasteiger partial charge in [-0.05, 0) is 44.8 Å². The van der Waals surface area contributed by atoms with Gasteiger partial charge in [-0.25, -0.2) is 0 Å². The van der Waals surface area contributed by atoms with Crippen LogP contribution >= 0.6 is 0 Å². The SMILES string of the molecule is CCCN(CCC)CC/C(=C/C=C\C[N+](=O)[O-])CCC(=O)O. The van der Waals surface area contributed by atoms with Gasteiger partial charge in [0.05, 0.1) is 0 Å². The predicted octanol–water partition coefficient (Wildman–Crippen LogP) is 3.12. The number of hydrogen-bond acceptors (Lipinski definition) is 4. The summed E-state index contributed by atoms with van der Waals surface area (Å²) in [5, 5.41) is 19.1. The molecule has 6 nitrogen and oxygen atoms in total. The predicted molar refractivity (Wildman–Crippen MR) is 87.6 cm³/mol. The quantitative estimate of drug-likeness (QED) is 0.321. The Bertz CT molecular complexity index is 386. The molecular weight excluding hydrogens is 284 g/mol. The summed E-state index contributed by atoms with van der Waals surface area (Å²) >= 11 is 0. The van der Waals surface area contributed by atoms with Crippen LogP contribution in [-0.2, 0) is 4.79 Å². The molecule has 0 aliphatic carbocycles. The lowest BCUT2D eigenvalue weighted by atomic mass is 10.1. The summed E-state index contributed by atoms with van der Waals surface area (Å²) in [5.74, 6) is -0.820. The van der Waals surface area contributed by atoms with Crippen molar-refractivity contribution in [2.75, 3.05) is 26.2 Å². The van der Waals surface area contributed by atoms with E-state index in [0.717, 1.165) is 44.5 Å². The fourth-order valence-electron chi connectivity index (χ4n) is 2.18. The molecule has 0 atom stereocenters. The number of rotatable bonds is 13. The van der Waals surface area contributed by atoms with Crippen LogP contribution in [0, 0.1) is 10.1 Å². The van der Waals surface area contributed by atoms with E-state index in [1.807, 2.05) is 6.08 Å². The minimum atomic E-state index is -0.820. The minimum absolute atomic E-state index is 0.0937. The van der Waals surface area contributed by atoms with E-state index in [9.17, 15) is 14.9 Å². The van der Waals surface area contributed by atoms with Crippen LogP contribution < -0.4 is 0 Å². The summed E-state index contributed by atoms with van der Waals surface area (Å²) in [7, 11) is 0. The van der Waals surface area contributed by atoms with Gasteiger partial charge in [0, 0.05) is 17.9 Å². The fourth-order valence-corrected chi connectivity index (χ4v) is 2.18. The molecule has 0 spiro atoms. The minimum Gasteiger partial charge on any atom is -0.481 e. The van der Waals surface area contributed by atoms with Crippen LogP contribution in [0.2, 0.25) is 0 Å². The second-order valence-corrected chi connectivity index (χ2v) is 5.25. The Balaban J connectivity index is 4.55. The lowest BCUT2D eigenvalue weighted by Crippen LogP contribution is -2.26. The number of hydrogen-bond donors (Lipinski definition) is 1. The summed E-state index contributed by atoms with van der Waals surface area (Å²) in [6.07, 6.45) is 8.54. The first-order chi connectivity index (χ1) is 10.5. The van der Waals surface area contributed by atoms with Crippen LogP contribution in [0.15, 0.2) is 23.8 Å². The molecule has 0 aliphatic heterocycles. The first-order valence-electron chi connectivity index (χ1n) is 7.90. The first kappa shape index (κ1) is 20.3. The number of carboxylic acids is 1.